The van der Waals surface area contributed by atoms with Gasteiger partial charge in [0.15, 0.2) is 5.11 Å². The van der Waals surface area contributed by atoms with Crippen LogP contribution in [-0.2, 0) is 4.79 Å². The first-order chi connectivity index (χ1) is 18.0. The molecule has 188 valence electrons. The number of carbonyl (C=O) groups is 1. The Morgan fingerprint density at radius 1 is 1.11 bits per heavy atom. The smallest absolute Gasteiger partial charge is 0.226 e. The summed E-state index contributed by atoms with van der Waals surface area (Å²) in [6, 6.07) is 23.0. The van der Waals surface area contributed by atoms with Crippen LogP contribution in [0.1, 0.15) is 29.9 Å². The molecule has 0 bridgehead atoms. The first kappa shape index (κ1) is 24.5. The summed E-state index contributed by atoms with van der Waals surface area (Å²) in [7, 11) is 1.64. The number of rotatable bonds is 8. The van der Waals surface area contributed by atoms with E-state index in [1.807, 2.05) is 59.6 Å². The van der Waals surface area contributed by atoms with Crippen LogP contribution < -0.4 is 15.4 Å². The minimum Gasteiger partial charge on any atom is -0.497 e. The molecule has 2 N–H and O–H groups in total. The molecule has 1 aliphatic rings. The monoisotopic (exact) mass is 515 g/mol. The molecule has 7 nitrogen and oxygen atoms in total. The van der Waals surface area contributed by atoms with Gasteiger partial charge in [0.25, 0.3) is 0 Å². The Balaban J connectivity index is 1.44. The Labute approximate surface area is 219 Å². The van der Waals surface area contributed by atoms with Gasteiger partial charge < -0.3 is 24.8 Å². The molecule has 9 heteroatoms. The van der Waals surface area contributed by atoms with E-state index in [0.717, 1.165) is 22.8 Å². The molecule has 0 unspecified atom stereocenters. The highest BCUT2D eigenvalue weighted by Crippen LogP contribution is 2.39. The molecule has 3 heterocycles. The molecule has 0 spiro atoms. The maximum atomic E-state index is 13.2. The normalized spacial score (nSPS) is 16.9. The fourth-order valence-corrected chi connectivity index (χ4v) is 4.91. The van der Waals surface area contributed by atoms with Crippen molar-refractivity contribution in [1.82, 2.24) is 19.8 Å². The molecule has 37 heavy (non-hydrogen) atoms. The predicted octanol–water partition coefficient (Wildman–Crippen LogP) is 5.02. The number of methoxy groups -OCH3 is 1. The second-order valence-electron chi connectivity index (χ2n) is 8.63. The van der Waals surface area contributed by atoms with Gasteiger partial charge in [0, 0.05) is 48.5 Å². The molecule has 2 atom stereocenters. The molecule has 0 aliphatic carbocycles. The van der Waals surface area contributed by atoms with Crippen LogP contribution in [-0.4, -0.2) is 39.1 Å². The molecule has 0 saturated carbocycles. The molecule has 1 aliphatic heterocycles. The number of ether oxygens (including phenoxy) is 1. The van der Waals surface area contributed by atoms with Crippen molar-refractivity contribution in [3.63, 3.8) is 0 Å². The summed E-state index contributed by atoms with van der Waals surface area (Å²) in [5.41, 5.74) is 3.34. The van der Waals surface area contributed by atoms with E-state index in [4.69, 9.17) is 17.0 Å². The van der Waals surface area contributed by atoms with Crippen LogP contribution in [0.15, 0.2) is 91.3 Å². The highest BCUT2D eigenvalue weighted by Gasteiger charge is 2.41. The average Bonchev–Trinajstić information content (AvgIpc) is 3.53. The lowest BCUT2D eigenvalue weighted by molar-refractivity contribution is -0.116. The van der Waals surface area contributed by atoms with Gasteiger partial charge in [-0.3, -0.25) is 9.78 Å². The lowest BCUT2D eigenvalue weighted by Gasteiger charge is -2.29. The van der Waals surface area contributed by atoms with Gasteiger partial charge in [0.05, 0.1) is 24.9 Å². The number of pyridine rings is 1. The van der Waals surface area contributed by atoms with Crippen molar-refractivity contribution < 1.29 is 13.9 Å². The first-order valence-electron chi connectivity index (χ1n) is 11.9. The second-order valence-corrected chi connectivity index (χ2v) is 9.02. The van der Waals surface area contributed by atoms with E-state index >= 15 is 0 Å². The number of amides is 1. The molecule has 4 aromatic rings. The third-order valence-corrected chi connectivity index (χ3v) is 6.67. The van der Waals surface area contributed by atoms with Gasteiger partial charge in [-0.25, -0.2) is 4.39 Å². The summed E-state index contributed by atoms with van der Waals surface area (Å²) in [5.74, 6) is 0.222. The van der Waals surface area contributed by atoms with Gasteiger partial charge in [-0.2, -0.15) is 0 Å². The summed E-state index contributed by atoms with van der Waals surface area (Å²) >= 11 is 5.75. The Morgan fingerprint density at radius 3 is 2.70 bits per heavy atom. The summed E-state index contributed by atoms with van der Waals surface area (Å²) in [5, 5.41) is 6.80. The SMILES string of the molecule is COc1cccc(-n2cccc2[C@@H]2[C@H](c3ccccn3)NC(=S)N2CCC(=O)Nc2ccc(F)cc2)c1. The van der Waals surface area contributed by atoms with Gasteiger partial charge in [0.2, 0.25) is 5.91 Å². The summed E-state index contributed by atoms with van der Waals surface area (Å²) in [6.07, 6.45) is 3.96. The highest BCUT2D eigenvalue weighted by atomic mass is 32.1. The summed E-state index contributed by atoms with van der Waals surface area (Å²) in [4.78, 5) is 19.4. The molecule has 2 aromatic heterocycles. The minimum atomic E-state index is -0.353. The van der Waals surface area contributed by atoms with Crippen molar-refractivity contribution in [2.24, 2.45) is 0 Å². The number of nitrogens with zero attached hydrogens (tertiary/aromatic N) is 3. The van der Waals surface area contributed by atoms with Crippen molar-refractivity contribution in [2.45, 2.75) is 18.5 Å². The lowest BCUT2D eigenvalue weighted by Crippen LogP contribution is -2.33. The molecule has 0 radical (unpaired) electrons. The number of benzene rings is 2. The van der Waals surface area contributed by atoms with Gasteiger partial charge in [-0.1, -0.05) is 12.1 Å². The van der Waals surface area contributed by atoms with Crippen LogP contribution in [0.3, 0.4) is 0 Å². The van der Waals surface area contributed by atoms with Gasteiger partial charge in [-0.05, 0) is 72.9 Å². The van der Waals surface area contributed by atoms with E-state index in [0.29, 0.717) is 17.3 Å². The number of halogens is 1. The van der Waals surface area contributed by atoms with Crippen LogP contribution in [0.25, 0.3) is 5.69 Å². The summed E-state index contributed by atoms with van der Waals surface area (Å²) in [6.45, 7) is 0.385. The Hall–Kier alpha value is -4.24. The largest absolute Gasteiger partial charge is 0.497 e. The summed E-state index contributed by atoms with van der Waals surface area (Å²) < 4.78 is 20.8. The van der Waals surface area contributed by atoms with Gasteiger partial charge >= 0.3 is 0 Å². The highest BCUT2D eigenvalue weighted by molar-refractivity contribution is 7.80. The van der Waals surface area contributed by atoms with Crippen LogP contribution >= 0.6 is 12.2 Å². The van der Waals surface area contributed by atoms with E-state index in [9.17, 15) is 9.18 Å². The molecule has 1 saturated heterocycles. The minimum absolute atomic E-state index is 0.183. The zero-order chi connectivity index (χ0) is 25.8. The Morgan fingerprint density at radius 2 is 1.95 bits per heavy atom. The number of hydrogen-bond acceptors (Lipinski definition) is 4. The standard InChI is InChI=1S/C28H26FN5O2S/c1-36-22-7-4-6-21(18-22)33-16-5-9-24(33)27-26(23-8-2-3-15-30-23)32-28(37)34(27)17-14-25(35)31-20-12-10-19(29)11-13-20/h2-13,15-16,18,26-27H,14,17H2,1H3,(H,31,35)(H,32,37)/t26-,27+/m0/s1. The fourth-order valence-electron chi connectivity index (χ4n) is 4.58. The van der Waals surface area contributed by atoms with E-state index < -0.39 is 0 Å². The van der Waals surface area contributed by atoms with Gasteiger partial charge in [0.1, 0.15) is 11.6 Å². The van der Waals surface area contributed by atoms with Crippen molar-refractivity contribution >= 4 is 28.9 Å². The van der Waals surface area contributed by atoms with Crippen LogP contribution in [0.2, 0.25) is 0 Å². The van der Waals surface area contributed by atoms with E-state index in [1.54, 1.807) is 13.3 Å². The maximum absolute atomic E-state index is 13.2. The fraction of sp³-hybridized carbons (Fsp3) is 0.179. The van der Waals surface area contributed by atoms with Crippen LogP contribution in [0, 0.1) is 5.82 Å². The second kappa shape index (κ2) is 10.8. The van der Waals surface area contributed by atoms with E-state index in [1.165, 1.54) is 24.3 Å². The number of thiocarbonyl (C=S) groups is 1. The number of anilines is 1. The van der Waals surface area contributed by atoms with Crippen molar-refractivity contribution in [3.8, 4) is 11.4 Å². The predicted molar refractivity (Wildman–Crippen MR) is 144 cm³/mol. The van der Waals surface area contributed by atoms with Gasteiger partial charge in [-0.15, -0.1) is 0 Å². The van der Waals surface area contributed by atoms with Crippen molar-refractivity contribution in [3.05, 3.63) is 108 Å². The molecule has 2 aromatic carbocycles. The molecular weight excluding hydrogens is 489 g/mol. The average molecular weight is 516 g/mol. The Kier molecular flexibility index (Phi) is 7.14. The van der Waals surface area contributed by atoms with Crippen molar-refractivity contribution in [2.75, 3.05) is 19.0 Å². The third kappa shape index (κ3) is 5.31. The zero-order valence-electron chi connectivity index (χ0n) is 20.2. The first-order valence-corrected chi connectivity index (χ1v) is 12.3. The topological polar surface area (TPSA) is 71.4 Å². The maximum Gasteiger partial charge on any atom is 0.226 e. The number of hydrogen-bond donors (Lipinski definition) is 2. The molecule has 1 amide bonds. The number of nitrogens with one attached hydrogen (secondary N) is 2. The third-order valence-electron chi connectivity index (χ3n) is 6.32. The Bertz CT molecular complexity index is 1390. The number of aromatic nitrogens is 2. The van der Waals surface area contributed by atoms with Crippen LogP contribution in [0.5, 0.6) is 5.75 Å². The molecular formula is C28H26FN5O2S. The van der Waals surface area contributed by atoms with E-state index in [-0.39, 0.29) is 30.2 Å². The number of carbonyl (C=O) groups excluding carboxylic acids is 1. The van der Waals surface area contributed by atoms with E-state index in [2.05, 4.69) is 26.3 Å². The lowest BCUT2D eigenvalue weighted by atomic mass is 10.0. The van der Waals surface area contributed by atoms with Crippen LogP contribution in [0.4, 0.5) is 10.1 Å². The van der Waals surface area contributed by atoms with Crippen molar-refractivity contribution in [1.29, 1.82) is 0 Å². The quantitative estimate of drug-likeness (QED) is 0.321. The molecule has 1 fully saturated rings. The molecule has 5 rings (SSSR count). The zero-order valence-corrected chi connectivity index (χ0v) is 21.0.